The van der Waals surface area contributed by atoms with Gasteiger partial charge in [-0.1, -0.05) is 0 Å². The largest absolute Gasteiger partial charge is 0.465 e. The number of carboxylic acid groups (broad SMARTS) is 1. The summed E-state index contributed by atoms with van der Waals surface area (Å²) in [6.45, 7) is 1.31. The molecule has 2 aliphatic heterocycles. The Morgan fingerprint density at radius 1 is 1.79 bits per heavy atom. The van der Waals surface area contributed by atoms with Crippen molar-refractivity contribution < 1.29 is 9.90 Å². The number of fused-ring (bicyclic) bond motifs is 2. The molecule has 2 heterocycles. The molecule has 14 heavy (non-hydrogen) atoms. The summed E-state index contributed by atoms with van der Waals surface area (Å²) >= 11 is 1.79. The van der Waals surface area contributed by atoms with Crippen molar-refractivity contribution in [1.82, 2.24) is 10.2 Å². The van der Waals surface area contributed by atoms with Gasteiger partial charge in [-0.15, -0.1) is 0 Å². The Hall–Kier alpha value is -0.420. The molecular formula is C9H16N2O2S. The minimum absolute atomic E-state index is 0.0563. The molecule has 2 N–H and O–H groups in total. The highest BCUT2D eigenvalue weighted by molar-refractivity contribution is 7.98. The number of hydrogen-bond acceptors (Lipinski definition) is 3. The molecule has 2 atom stereocenters. The van der Waals surface area contributed by atoms with E-state index in [1.807, 2.05) is 0 Å². The van der Waals surface area contributed by atoms with Gasteiger partial charge in [0.2, 0.25) is 0 Å². The minimum atomic E-state index is -0.774. The van der Waals surface area contributed by atoms with Gasteiger partial charge >= 0.3 is 6.09 Å². The minimum Gasteiger partial charge on any atom is -0.465 e. The number of carbonyl (C=O) groups is 1. The van der Waals surface area contributed by atoms with Crippen LogP contribution in [0.25, 0.3) is 0 Å². The van der Waals surface area contributed by atoms with Crippen LogP contribution in [0.1, 0.15) is 12.8 Å². The van der Waals surface area contributed by atoms with Gasteiger partial charge in [0.25, 0.3) is 0 Å². The van der Waals surface area contributed by atoms with Gasteiger partial charge in [-0.2, -0.15) is 11.8 Å². The molecule has 80 valence electrons. The summed E-state index contributed by atoms with van der Waals surface area (Å²) in [6, 6.07) is 0.381. The Morgan fingerprint density at radius 3 is 3.21 bits per heavy atom. The standard InChI is InChI=1S/C9H16N2O2S/c1-14-6-9-3-2-7(10-9)4-11(5-9)8(12)13/h7,10H,2-6H2,1H3,(H,12,13). The molecule has 2 bridgehead atoms. The molecular weight excluding hydrogens is 200 g/mol. The van der Waals surface area contributed by atoms with Crippen LogP contribution in [0.15, 0.2) is 0 Å². The average Bonchev–Trinajstić information content (AvgIpc) is 2.42. The van der Waals surface area contributed by atoms with Crippen LogP contribution in [-0.2, 0) is 0 Å². The van der Waals surface area contributed by atoms with Crippen LogP contribution >= 0.6 is 11.8 Å². The normalized spacial score (nSPS) is 36.1. The first-order valence-electron chi connectivity index (χ1n) is 4.90. The fourth-order valence-electron chi connectivity index (χ4n) is 2.57. The first kappa shape index (κ1) is 10.1. The molecule has 5 heteroatoms. The van der Waals surface area contributed by atoms with Crippen LogP contribution in [0.5, 0.6) is 0 Å². The second kappa shape index (κ2) is 3.62. The first-order chi connectivity index (χ1) is 6.65. The van der Waals surface area contributed by atoms with E-state index in [9.17, 15) is 4.79 Å². The molecule has 2 aliphatic rings. The van der Waals surface area contributed by atoms with Crippen molar-refractivity contribution in [3.63, 3.8) is 0 Å². The molecule has 0 aromatic carbocycles. The fourth-order valence-corrected chi connectivity index (χ4v) is 3.44. The number of piperazine rings is 1. The molecule has 0 aromatic heterocycles. The zero-order valence-corrected chi connectivity index (χ0v) is 9.14. The number of rotatable bonds is 2. The molecule has 0 aromatic rings. The van der Waals surface area contributed by atoms with Gasteiger partial charge in [-0.3, -0.25) is 0 Å². The Labute approximate surface area is 88.0 Å². The summed E-state index contributed by atoms with van der Waals surface area (Å²) < 4.78 is 0. The third-order valence-electron chi connectivity index (χ3n) is 3.11. The molecule has 0 aliphatic carbocycles. The number of hydrogen-bond donors (Lipinski definition) is 2. The number of thioether (sulfide) groups is 1. The average molecular weight is 216 g/mol. The lowest BCUT2D eigenvalue weighted by Gasteiger charge is -2.39. The second-order valence-electron chi connectivity index (χ2n) is 4.26. The topological polar surface area (TPSA) is 52.6 Å². The second-order valence-corrected chi connectivity index (χ2v) is 5.12. The van der Waals surface area contributed by atoms with Crippen molar-refractivity contribution in [2.24, 2.45) is 0 Å². The summed E-state index contributed by atoms with van der Waals surface area (Å²) in [4.78, 5) is 12.5. The fraction of sp³-hybridized carbons (Fsp3) is 0.889. The molecule has 0 spiro atoms. The van der Waals surface area contributed by atoms with Gasteiger partial charge in [0, 0.05) is 30.4 Å². The van der Waals surface area contributed by atoms with Crippen molar-refractivity contribution in [2.75, 3.05) is 25.1 Å². The zero-order chi connectivity index (χ0) is 10.2. The maximum absolute atomic E-state index is 10.9. The van der Waals surface area contributed by atoms with Crippen molar-refractivity contribution in [3.05, 3.63) is 0 Å². The van der Waals surface area contributed by atoms with E-state index in [4.69, 9.17) is 5.11 Å². The van der Waals surface area contributed by atoms with Gasteiger partial charge in [0.1, 0.15) is 0 Å². The maximum atomic E-state index is 10.9. The van der Waals surface area contributed by atoms with E-state index in [0.29, 0.717) is 19.1 Å². The quantitative estimate of drug-likeness (QED) is 0.718. The highest BCUT2D eigenvalue weighted by Crippen LogP contribution is 2.31. The summed E-state index contributed by atoms with van der Waals surface area (Å²) in [6.07, 6.45) is 3.53. The van der Waals surface area contributed by atoms with E-state index in [-0.39, 0.29) is 5.54 Å². The van der Waals surface area contributed by atoms with E-state index in [2.05, 4.69) is 11.6 Å². The maximum Gasteiger partial charge on any atom is 0.407 e. The Kier molecular flexibility index (Phi) is 2.62. The Morgan fingerprint density at radius 2 is 2.57 bits per heavy atom. The predicted octanol–water partition coefficient (Wildman–Crippen LogP) is 0.834. The number of likely N-dealkylation sites (tertiary alicyclic amines) is 1. The van der Waals surface area contributed by atoms with Crippen molar-refractivity contribution >= 4 is 17.9 Å². The van der Waals surface area contributed by atoms with Gasteiger partial charge in [-0.25, -0.2) is 4.79 Å². The summed E-state index contributed by atoms with van der Waals surface area (Å²) in [5.74, 6) is 1.01. The summed E-state index contributed by atoms with van der Waals surface area (Å²) in [5.41, 5.74) is 0.0563. The molecule has 4 nitrogen and oxygen atoms in total. The Balaban J connectivity index is 2.08. The molecule has 0 saturated carbocycles. The molecule has 2 fully saturated rings. The van der Waals surface area contributed by atoms with Crippen molar-refractivity contribution in [3.8, 4) is 0 Å². The summed E-state index contributed by atoms with van der Waals surface area (Å²) in [7, 11) is 0. The lowest BCUT2D eigenvalue weighted by Crippen LogP contribution is -2.61. The molecule has 2 saturated heterocycles. The van der Waals surface area contributed by atoms with Crippen LogP contribution in [0, 0.1) is 0 Å². The zero-order valence-electron chi connectivity index (χ0n) is 8.32. The van der Waals surface area contributed by atoms with E-state index in [1.54, 1.807) is 16.7 Å². The van der Waals surface area contributed by atoms with Gasteiger partial charge in [-0.05, 0) is 19.1 Å². The van der Waals surface area contributed by atoms with Crippen LogP contribution < -0.4 is 5.32 Å². The van der Waals surface area contributed by atoms with Gasteiger partial charge in [0.05, 0.1) is 0 Å². The molecule has 2 unspecified atom stereocenters. The number of nitrogens with one attached hydrogen (secondary N) is 1. The smallest absolute Gasteiger partial charge is 0.407 e. The highest BCUT2D eigenvalue weighted by atomic mass is 32.2. The van der Waals surface area contributed by atoms with Gasteiger partial charge < -0.3 is 15.3 Å². The van der Waals surface area contributed by atoms with Crippen molar-refractivity contribution in [2.45, 2.75) is 24.4 Å². The van der Waals surface area contributed by atoms with E-state index < -0.39 is 6.09 Å². The highest BCUT2D eigenvalue weighted by Gasteiger charge is 2.45. The monoisotopic (exact) mass is 216 g/mol. The number of amides is 1. The summed E-state index contributed by atoms with van der Waals surface area (Å²) in [5, 5.41) is 12.5. The molecule has 2 rings (SSSR count). The van der Waals surface area contributed by atoms with Crippen LogP contribution in [0.2, 0.25) is 0 Å². The first-order valence-corrected chi connectivity index (χ1v) is 6.29. The lowest BCUT2D eigenvalue weighted by molar-refractivity contribution is 0.111. The van der Waals surface area contributed by atoms with Crippen LogP contribution in [0.4, 0.5) is 4.79 Å². The predicted molar refractivity (Wildman–Crippen MR) is 56.9 cm³/mol. The van der Waals surface area contributed by atoms with E-state index >= 15 is 0 Å². The van der Waals surface area contributed by atoms with E-state index in [1.165, 1.54) is 0 Å². The third-order valence-corrected chi connectivity index (χ3v) is 3.95. The van der Waals surface area contributed by atoms with Crippen LogP contribution in [-0.4, -0.2) is 52.8 Å². The lowest BCUT2D eigenvalue weighted by atomic mass is 10.00. The van der Waals surface area contributed by atoms with Crippen molar-refractivity contribution in [1.29, 1.82) is 0 Å². The SMILES string of the molecule is CSCC12CCC(CN(C(=O)O)C1)N2. The van der Waals surface area contributed by atoms with E-state index in [0.717, 1.165) is 18.6 Å². The number of nitrogens with zero attached hydrogens (tertiary/aromatic N) is 1. The molecule has 1 amide bonds. The van der Waals surface area contributed by atoms with Crippen LogP contribution in [0.3, 0.4) is 0 Å². The van der Waals surface area contributed by atoms with Gasteiger partial charge in [0.15, 0.2) is 0 Å². The Bertz CT molecular complexity index is 245. The molecule has 0 radical (unpaired) electrons. The third kappa shape index (κ3) is 1.70.